The van der Waals surface area contributed by atoms with E-state index in [0.29, 0.717) is 25.0 Å². The van der Waals surface area contributed by atoms with Gasteiger partial charge in [-0.2, -0.15) is 0 Å². The predicted molar refractivity (Wildman–Crippen MR) is 79.0 cm³/mol. The number of amides is 2. The first-order valence-electron chi connectivity index (χ1n) is 6.73. The molecule has 1 rings (SSSR count). The number of likely N-dealkylation sites (tertiary alicyclic amines) is 1. The van der Waals surface area contributed by atoms with Crippen molar-refractivity contribution in [2.45, 2.75) is 38.8 Å². The van der Waals surface area contributed by atoms with E-state index in [1.54, 1.807) is 4.90 Å². The van der Waals surface area contributed by atoms with E-state index in [1.165, 1.54) is 0 Å². The molecule has 2 amide bonds. The Morgan fingerprint density at radius 2 is 2.10 bits per heavy atom. The quantitative estimate of drug-likeness (QED) is 0.603. The highest BCUT2D eigenvalue weighted by molar-refractivity contribution is 9.09. The van der Waals surface area contributed by atoms with Crippen molar-refractivity contribution in [3.63, 3.8) is 0 Å². The van der Waals surface area contributed by atoms with E-state index in [-0.39, 0.29) is 24.6 Å². The zero-order valence-corrected chi connectivity index (χ0v) is 13.9. The molecule has 1 saturated heterocycles. The van der Waals surface area contributed by atoms with Gasteiger partial charge in [-0.1, -0.05) is 15.9 Å². The molecule has 0 spiro atoms. The molecule has 1 N–H and O–H groups in total. The molecule has 0 aromatic carbocycles. The molecule has 0 unspecified atom stereocenters. The van der Waals surface area contributed by atoms with Gasteiger partial charge in [0, 0.05) is 24.5 Å². The average Bonchev–Trinajstić information content (AvgIpc) is 2.75. The Bertz CT molecular complexity index is 344. The number of rotatable bonds is 5. The smallest absolute Gasteiger partial charge is 0.410 e. The third-order valence-corrected chi connectivity index (χ3v) is 2.98. The summed E-state index contributed by atoms with van der Waals surface area (Å²) in [6.07, 6.45) is 0.411. The SMILES string of the molecule is CC(C)(C)OC(=O)N1CC[C@H](NC(=O)COCCBr)C1. The summed E-state index contributed by atoms with van der Waals surface area (Å²) in [5.41, 5.74) is -0.498. The maximum atomic E-state index is 11.9. The molecular weight excluding hydrogens is 328 g/mol. The highest BCUT2D eigenvalue weighted by Gasteiger charge is 2.30. The third-order valence-electron chi connectivity index (χ3n) is 2.66. The molecule has 0 radical (unpaired) electrons. The van der Waals surface area contributed by atoms with Gasteiger partial charge in [0.25, 0.3) is 0 Å². The number of nitrogens with one attached hydrogen (secondary N) is 1. The number of ether oxygens (including phenoxy) is 2. The normalized spacial score (nSPS) is 19.0. The predicted octanol–water partition coefficient (Wildman–Crippen LogP) is 1.52. The van der Waals surface area contributed by atoms with Crippen LogP contribution in [-0.4, -0.2) is 60.2 Å². The van der Waals surface area contributed by atoms with Crippen LogP contribution in [0.5, 0.6) is 0 Å². The number of hydrogen-bond acceptors (Lipinski definition) is 4. The van der Waals surface area contributed by atoms with Crippen molar-refractivity contribution in [1.29, 1.82) is 0 Å². The van der Waals surface area contributed by atoms with Crippen molar-refractivity contribution in [2.75, 3.05) is 31.6 Å². The summed E-state index contributed by atoms with van der Waals surface area (Å²) in [4.78, 5) is 25.1. The van der Waals surface area contributed by atoms with Gasteiger partial charge in [0.2, 0.25) is 5.91 Å². The largest absolute Gasteiger partial charge is 0.444 e. The van der Waals surface area contributed by atoms with Crippen LogP contribution in [-0.2, 0) is 14.3 Å². The molecule has 1 heterocycles. The lowest BCUT2D eigenvalue weighted by atomic mass is 10.2. The van der Waals surface area contributed by atoms with Gasteiger partial charge >= 0.3 is 6.09 Å². The summed E-state index contributed by atoms with van der Waals surface area (Å²) < 4.78 is 10.4. The molecule has 0 saturated carbocycles. The van der Waals surface area contributed by atoms with Crippen LogP contribution < -0.4 is 5.32 Å². The van der Waals surface area contributed by atoms with Crippen LogP contribution in [0.3, 0.4) is 0 Å². The Labute approximate surface area is 128 Å². The Morgan fingerprint density at radius 3 is 2.70 bits per heavy atom. The molecule has 0 aliphatic carbocycles. The summed E-state index contributed by atoms with van der Waals surface area (Å²) in [5.74, 6) is -0.151. The van der Waals surface area contributed by atoms with E-state index >= 15 is 0 Å². The minimum absolute atomic E-state index is 0.0254. The van der Waals surface area contributed by atoms with Crippen LogP contribution in [0.4, 0.5) is 4.79 Å². The Morgan fingerprint density at radius 1 is 1.40 bits per heavy atom. The second-order valence-electron chi connectivity index (χ2n) is 5.72. The Kier molecular flexibility index (Phi) is 6.75. The monoisotopic (exact) mass is 350 g/mol. The Hall–Kier alpha value is -0.820. The van der Waals surface area contributed by atoms with E-state index < -0.39 is 5.60 Å². The van der Waals surface area contributed by atoms with E-state index in [1.807, 2.05) is 20.8 Å². The maximum absolute atomic E-state index is 11.9. The fourth-order valence-electron chi connectivity index (χ4n) is 1.86. The van der Waals surface area contributed by atoms with E-state index in [9.17, 15) is 9.59 Å². The molecule has 6 nitrogen and oxygen atoms in total. The highest BCUT2D eigenvalue weighted by atomic mass is 79.9. The topological polar surface area (TPSA) is 67.9 Å². The van der Waals surface area contributed by atoms with E-state index in [2.05, 4.69) is 21.2 Å². The van der Waals surface area contributed by atoms with Crippen LogP contribution in [0.1, 0.15) is 27.2 Å². The van der Waals surface area contributed by atoms with Gasteiger partial charge in [0.15, 0.2) is 0 Å². The fraction of sp³-hybridized carbons (Fsp3) is 0.846. The summed E-state index contributed by atoms with van der Waals surface area (Å²) in [6.45, 7) is 7.14. The minimum Gasteiger partial charge on any atom is -0.444 e. The van der Waals surface area contributed by atoms with Gasteiger partial charge < -0.3 is 19.7 Å². The first kappa shape index (κ1) is 17.2. The third kappa shape index (κ3) is 6.56. The second-order valence-corrected chi connectivity index (χ2v) is 6.51. The zero-order chi connectivity index (χ0) is 15.2. The van der Waals surface area contributed by atoms with Gasteiger partial charge in [-0.15, -0.1) is 0 Å². The molecule has 1 atom stereocenters. The van der Waals surface area contributed by atoms with Gasteiger partial charge in [0.05, 0.1) is 6.61 Å². The lowest BCUT2D eigenvalue weighted by Gasteiger charge is -2.24. The van der Waals surface area contributed by atoms with Crippen LogP contribution in [0, 0.1) is 0 Å². The number of carbonyl (C=O) groups is 2. The van der Waals surface area contributed by atoms with E-state index in [0.717, 1.165) is 6.42 Å². The zero-order valence-electron chi connectivity index (χ0n) is 12.3. The van der Waals surface area contributed by atoms with Crippen molar-refractivity contribution in [1.82, 2.24) is 10.2 Å². The van der Waals surface area contributed by atoms with Crippen LogP contribution >= 0.6 is 15.9 Å². The van der Waals surface area contributed by atoms with Crippen molar-refractivity contribution in [3.8, 4) is 0 Å². The van der Waals surface area contributed by atoms with Crippen molar-refractivity contribution >= 4 is 27.9 Å². The maximum Gasteiger partial charge on any atom is 0.410 e. The average molecular weight is 351 g/mol. The lowest BCUT2D eigenvalue weighted by molar-refractivity contribution is -0.126. The van der Waals surface area contributed by atoms with Crippen LogP contribution in [0.2, 0.25) is 0 Å². The van der Waals surface area contributed by atoms with Crippen molar-refractivity contribution in [3.05, 3.63) is 0 Å². The molecule has 1 aliphatic heterocycles. The fourth-order valence-corrected chi connectivity index (χ4v) is 2.09. The van der Waals surface area contributed by atoms with Crippen LogP contribution in [0.15, 0.2) is 0 Å². The molecule has 1 aliphatic rings. The summed E-state index contributed by atoms with van der Waals surface area (Å²) in [7, 11) is 0. The first-order valence-corrected chi connectivity index (χ1v) is 7.85. The van der Waals surface area contributed by atoms with Crippen molar-refractivity contribution < 1.29 is 19.1 Å². The molecule has 116 valence electrons. The number of hydrogen-bond donors (Lipinski definition) is 1. The van der Waals surface area contributed by atoms with Gasteiger partial charge in [-0.3, -0.25) is 4.79 Å². The molecule has 1 fully saturated rings. The molecule has 0 bridgehead atoms. The Balaban J connectivity index is 2.29. The summed E-state index contributed by atoms with van der Waals surface area (Å²) in [5, 5.41) is 3.56. The lowest BCUT2D eigenvalue weighted by Crippen LogP contribution is -2.41. The molecule has 20 heavy (non-hydrogen) atoms. The number of carbonyl (C=O) groups excluding carboxylic acids is 2. The van der Waals surface area contributed by atoms with Gasteiger partial charge in [-0.05, 0) is 27.2 Å². The number of nitrogens with zero attached hydrogens (tertiary/aromatic N) is 1. The highest BCUT2D eigenvalue weighted by Crippen LogP contribution is 2.15. The van der Waals surface area contributed by atoms with E-state index in [4.69, 9.17) is 9.47 Å². The summed E-state index contributed by atoms with van der Waals surface area (Å²) >= 11 is 3.22. The van der Waals surface area contributed by atoms with Crippen molar-refractivity contribution in [2.24, 2.45) is 0 Å². The molecule has 0 aromatic rings. The number of alkyl halides is 1. The first-order chi connectivity index (χ1) is 9.31. The molecule has 0 aromatic heterocycles. The number of halogens is 1. The minimum atomic E-state index is -0.498. The second kappa shape index (κ2) is 7.83. The van der Waals surface area contributed by atoms with Crippen LogP contribution in [0.25, 0.3) is 0 Å². The van der Waals surface area contributed by atoms with Gasteiger partial charge in [0.1, 0.15) is 12.2 Å². The molecular formula is C13H23BrN2O4. The molecule has 7 heteroatoms. The summed E-state index contributed by atoms with van der Waals surface area (Å²) in [6, 6.07) is -0.0254. The standard InChI is InChI=1S/C13H23BrN2O4/c1-13(2,3)20-12(18)16-6-4-10(8-16)15-11(17)9-19-7-5-14/h10H,4-9H2,1-3H3,(H,15,17)/t10-/m0/s1. The van der Waals surface area contributed by atoms with Gasteiger partial charge in [-0.25, -0.2) is 4.79 Å².